The van der Waals surface area contributed by atoms with Crippen LogP contribution in [0.25, 0.3) is 0 Å². The molecule has 1 aliphatic carbocycles. The van der Waals surface area contributed by atoms with Crippen molar-refractivity contribution in [1.29, 1.82) is 0 Å². The van der Waals surface area contributed by atoms with Crippen molar-refractivity contribution in [2.45, 2.75) is 24.8 Å². The van der Waals surface area contributed by atoms with Gasteiger partial charge in [0.15, 0.2) is 0 Å². The van der Waals surface area contributed by atoms with Crippen LogP contribution < -0.4 is 11.1 Å². The van der Waals surface area contributed by atoms with Crippen LogP contribution in [0, 0.1) is 5.82 Å². The Morgan fingerprint density at radius 3 is 2.65 bits per heavy atom. The lowest BCUT2D eigenvalue weighted by molar-refractivity contribution is 0.627. The summed E-state index contributed by atoms with van der Waals surface area (Å²) in [6, 6.07) is 15.1. The maximum absolute atomic E-state index is 13.2. The number of hydrogen-bond donors (Lipinski definition) is 2. The number of benzene rings is 2. The first kappa shape index (κ1) is 13.1. The Labute approximate surface area is 118 Å². The predicted octanol–water partition coefficient (Wildman–Crippen LogP) is 3.82. The van der Waals surface area contributed by atoms with Crippen molar-refractivity contribution in [1.82, 2.24) is 0 Å². The first-order chi connectivity index (χ1) is 9.76. The summed E-state index contributed by atoms with van der Waals surface area (Å²) in [5, 5.41) is 3.31. The molecule has 1 atom stereocenters. The average Bonchev–Trinajstić information content (AvgIpc) is 3.29. The fourth-order valence-corrected chi connectivity index (χ4v) is 2.50. The SMILES string of the molecule is NCC(Nc1cccc(F)c1)c1cccc(C2CC2)c1. The number of nitrogens with one attached hydrogen (secondary N) is 1. The van der Waals surface area contributed by atoms with E-state index >= 15 is 0 Å². The van der Waals surface area contributed by atoms with E-state index in [1.165, 1.54) is 36.1 Å². The summed E-state index contributed by atoms with van der Waals surface area (Å²) in [7, 11) is 0. The van der Waals surface area contributed by atoms with E-state index in [-0.39, 0.29) is 11.9 Å². The molecule has 0 saturated heterocycles. The molecule has 0 aliphatic heterocycles. The van der Waals surface area contributed by atoms with Crippen LogP contribution >= 0.6 is 0 Å². The summed E-state index contributed by atoms with van der Waals surface area (Å²) in [6.45, 7) is 0.477. The predicted molar refractivity (Wildman–Crippen MR) is 80.2 cm³/mol. The highest BCUT2D eigenvalue weighted by Gasteiger charge is 2.24. The zero-order valence-electron chi connectivity index (χ0n) is 11.4. The molecule has 0 spiro atoms. The molecule has 1 unspecified atom stereocenters. The average molecular weight is 270 g/mol. The van der Waals surface area contributed by atoms with Gasteiger partial charge in [-0.2, -0.15) is 0 Å². The maximum atomic E-state index is 13.2. The smallest absolute Gasteiger partial charge is 0.125 e. The number of nitrogens with two attached hydrogens (primary N) is 1. The van der Waals surface area contributed by atoms with Crippen molar-refractivity contribution >= 4 is 5.69 Å². The van der Waals surface area contributed by atoms with Crippen molar-refractivity contribution in [2.75, 3.05) is 11.9 Å². The Morgan fingerprint density at radius 1 is 1.15 bits per heavy atom. The highest BCUT2D eigenvalue weighted by Crippen LogP contribution is 2.40. The summed E-state index contributed by atoms with van der Waals surface area (Å²) in [5.74, 6) is 0.486. The summed E-state index contributed by atoms with van der Waals surface area (Å²) in [4.78, 5) is 0. The summed E-state index contributed by atoms with van der Waals surface area (Å²) in [6.07, 6.45) is 2.57. The van der Waals surface area contributed by atoms with Gasteiger partial charge in [0, 0.05) is 12.2 Å². The van der Waals surface area contributed by atoms with E-state index in [9.17, 15) is 4.39 Å². The van der Waals surface area contributed by atoms with Gasteiger partial charge in [-0.05, 0) is 48.1 Å². The minimum atomic E-state index is -0.238. The van der Waals surface area contributed by atoms with E-state index in [0.29, 0.717) is 6.54 Å². The lowest BCUT2D eigenvalue weighted by Gasteiger charge is -2.19. The Balaban J connectivity index is 1.80. The molecule has 2 aromatic carbocycles. The van der Waals surface area contributed by atoms with Crippen LogP contribution in [-0.2, 0) is 0 Å². The van der Waals surface area contributed by atoms with Gasteiger partial charge in [-0.25, -0.2) is 4.39 Å². The van der Waals surface area contributed by atoms with Gasteiger partial charge in [0.1, 0.15) is 5.82 Å². The zero-order chi connectivity index (χ0) is 13.9. The Morgan fingerprint density at radius 2 is 1.95 bits per heavy atom. The minimum absolute atomic E-state index is 0.00972. The van der Waals surface area contributed by atoms with Crippen LogP contribution in [0.5, 0.6) is 0 Å². The first-order valence-corrected chi connectivity index (χ1v) is 7.08. The highest BCUT2D eigenvalue weighted by molar-refractivity contribution is 5.46. The summed E-state index contributed by atoms with van der Waals surface area (Å²) >= 11 is 0. The third-order valence-electron chi connectivity index (χ3n) is 3.76. The Bertz CT molecular complexity index is 593. The van der Waals surface area contributed by atoms with Crippen molar-refractivity contribution in [2.24, 2.45) is 5.73 Å². The van der Waals surface area contributed by atoms with Gasteiger partial charge < -0.3 is 11.1 Å². The molecule has 2 aromatic rings. The van der Waals surface area contributed by atoms with Crippen molar-refractivity contribution in [3.63, 3.8) is 0 Å². The fourth-order valence-electron chi connectivity index (χ4n) is 2.50. The Hall–Kier alpha value is -1.87. The summed E-state index contributed by atoms with van der Waals surface area (Å²) in [5.41, 5.74) is 9.20. The van der Waals surface area contributed by atoms with Crippen LogP contribution in [0.2, 0.25) is 0 Å². The van der Waals surface area contributed by atoms with Gasteiger partial charge in [0.2, 0.25) is 0 Å². The van der Waals surface area contributed by atoms with Crippen LogP contribution in [0.4, 0.5) is 10.1 Å². The molecule has 0 heterocycles. The van der Waals surface area contributed by atoms with E-state index in [4.69, 9.17) is 5.73 Å². The van der Waals surface area contributed by atoms with Crippen LogP contribution in [0.3, 0.4) is 0 Å². The molecule has 0 bridgehead atoms. The van der Waals surface area contributed by atoms with E-state index in [1.54, 1.807) is 6.07 Å². The van der Waals surface area contributed by atoms with E-state index in [0.717, 1.165) is 11.6 Å². The second kappa shape index (κ2) is 5.63. The number of rotatable bonds is 5. The summed E-state index contributed by atoms with van der Waals surface area (Å²) < 4.78 is 13.2. The van der Waals surface area contributed by atoms with Crippen molar-refractivity contribution < 1.29 is 4.39 Å². The van der Waals surface area contributed by atoms with Gasteiger partial charge in [0.05, 0.1) is 6.04 Å². The van der Waals surface area contributed by atoms with Crippen LogP contribution in [0.15, 0.2) is 48.5 Å². The van der Waals surface area contributed by atoms with Gasteiger partial charge in [-0.1, -0.05) is 30.3 Å². The monoisotopic (exact) mass is 270 g/mol. The lowest BCUT2D eigenvalue weighted by atomic mass is 10.0. The molecular weight excluding hydrogens is 251 g/mol. The maximum Gasteiger partial charge on any atom is 0.125 e. The largest absolute Gasteiger partial charge is 0.377 e. The number of halogens is 1. The minimum Gasteiger partial charge on any atom is -0.377 e. The van der Waals surface area contributed by atoms with Crippen LogP contribution in [0.1, 0.15) is 35.9 Å². The quantitative estimate of drug-likeness (QED) is 0.867. The van der Waals surface area contributed by atoms with Gasteiger partial charge in [0.25, 0.3) is 0 Å². The molecule has 104 valence electrons. The molecule has 2 nitrogen and oxygen atoms in total. The van der Waals surface area contributed by atoms with Crippen molar-refractivity contribution in [3.8, 4) is 0 Å². The molecule has 3 N–H and O–H groups in total. The normalized spacial score (nSPS) is 15.9. The number of anilines is 1. The molecule has 3 rings (SSSR count). The second-order valence-corrected chi connectivity index (χ2v) is 5.39. The highest BCUT2D eigenvalue weighted by atomic mass is 19.1. The standard InChI is InChI=1S/C17H19FN2/c18-15-5-2-6-16(10-15)20-17(11-19)14-4-1-3-13(9-14)12-7-8-12/h1-6,9-10,12,17,20H,7-8,11,19H2. The molecule has 0 aromatic heterocycles. The van der Waals surface area contributed by atoms with Gasteiger partial charge in [-0.3, -0.25) is 0 Å². The molecular formula is C17H19FN2. The molecule has 1 fully saturated rings. The van der Waals surface area contributed by atoms with Crippen molar-refractivity contribution in [3.05, 3.63) is 65.5 Å². The fraction of sp³-hybridized carbons (Fsp3) is 0.294. The Kier molecular flexibility index (Phi) is 3.70. The molecule has 0 amide bonds. The zero-order valence-corrected chi connectivity index (χ0v) is 11.4. The van der Waals surface area contributed by atoms with Gasteiger partial charge >= 0.3 is 0 Å². The van der Waals surface area contributed by atoms with E-state index < -0.39 is 0 Å². The molecule has 1 aliphatic rings. The van der Waals surface area contributed by atoms with E-state index in [2.05, 4.69) is 29.6 Å². The third kappa shape index (κ3) is 2.99. The lowest BCUT2D eigenvalue weighted by Crippen LogP contribution is -2.20. The van der Waals surface area contributed by atoms with Gasteiger partial charge in [-0.15, -0.1) is 0 Å². The molecule has 3 heteroatoms. The molecule has 1 saturated carbocycles. The topological polar surface area (TPSA) is 38.0 Å². The van der Waals surface area contributed by atoms with E-state index in [1.807, 2.05) is 6.07 Å². The van der Waals surface area contributed by atoms with Crippen LogP contribution in [-0.4, -0.2) is 6.54 Å². The molecule has 0 radical (unpaired) electrons. The third-order valence-corrected chi connectivity index (χ3v) is 3.76. The molecule has 20 heavy (non-hydrogen) atoms. The number of hydrogen-bond acceptors (Lipinski definition) is 2. The second-order valence-electron chi connectivity index (χ2n) is 5.39. The first-order valence-electron chi connectivity index (χ1n) is 7.08.